The number of aliphatic hydroxyl groups is 1. The Balaban J connectivity index is 0.000001000. The average Bonchev–Trinajstić information content (AvgIpc) is 1.83. The largest absolute Gasteiger partial charge is 0.391 e. The van der Waals surface area contributed by atoms with Gasteiger partial charge in [0.1, 0.15) is 0 Å². The number of rotatable bonds is 0. The lowest BCUT2D eigenvalue weighted by Gasteiger charge is -2.38. The second kappa shape index (κ2) is 3.74. The highest BCUT2D eigenvalue weighted by Crippen LogP contribution is 2.34. The van der Waals surface area contributed by atoms with E-state index in [1.54, 1.807) is 0 Å². The minimum Gasteiger partial charge on any atom is -0.391 e. The van der Waals surface area contributed by atoms with E-state index in [-0.39, 0.29) is 30.0 Å². The highest BCUT2D eigenvalue weighted by molar-refractivity contribution is 5.85. The molecule has 3 heteroatoms. The fourth-order valence-electron chi connectivity index (χ4n) is 1.68. The van der Waals surface area contributed by atoms with Gasteiger partial charge in [0.05, 0.1) is 6.10 Å². The fraction of sp³-hybridized carbons (Fsp3) is 1.00. The van der Waals surface area contributed by atoms with E-state index in [0.717, 1.165) is 19.3 Å². The fourth-order valence-corrected chi connectivity index (χ4v) is 1.68. The molecule has 1 rings (SSSR count). The molecular weight excluding hydrogens is 162 g/mol. The molecule has 0 bridgehead atoms. The molecule has 0 aromatic heterocycles. The Morgan fingerprint density at radius 2 is 2.00 bits per heavy atom. The van der Waals surface area contributed by atoms with Crippen LogP contribution in [0.15, 0.2) is 0 Å². The Morgan fingerprint density at radius 3 is 2.36 bits per heavy atom. The van der Waals surface area contributed by atoms with E-state index in [2.05, 4.69) is 13.8 Å². The minimum atomic E-state index is -0.304. The first-order chi connectivity index (χ1) is 4.54. The summed E-state index contributed by atoms with van der Waals surface area (Å²) in [5.41, 5.74) is 5.74. The van der Waals surface area contributed by atoms with Crippen LogP contribution in [0, 0.1) is 5.41 Å². The van der Waals surface area contributed by atoms with Crippen LogP contribution >= 0.6 is 12.4 Å². The first-order valence-corrected chi connectivity index (χ1v) is 3.98. The number of nitrogens with two attached hydrogens (primary N) is 1. The molecule has 1 saturated carbocycles. The molecule has 68 valence electrons. The van der Waals surface area contributed by atoms with Crippen LogP contribution in [-0.2, 0) is 0 Å². The Bertz CT molecular complexity index is 127. The second-order valence-electron chi connectivity index (χ2n) is 3.99. The van der Waals surface area contributed by atoms with Gasteiger partial charge in [0, 0.05) is 6.04 Å². The molecule has 2 atom stereocenters. The number of halogens is 1. The molecule has 1 aliphatic rings. The molecule has 0 amide bonds. The zero-order valence-electron chi connectivity index (χ0n) is 7.21. The summed E-state index contributed by atoms with van der Waals surface area (Å²) in [5.74, 6) is 0. The van der Waals surface area contributed by atoms with Crippen molar-refractivity contribution >= 4 is 12.4 Å². The van der Waals surface area contributed by atoms with E-state index in [4.69, 9.17) is 5.73 Å². The van der Waals surface area contributed by atoms with Gasteiger partial charge in [-0.2, -0.15) is 0 Å². The van der Waals surface area contributed by atoms with Crippen molar-refractivity contribution in [3.8, 4) is 0 Å². The van der Waals surface area contributed by atoms with Crippen molar-refractivity contribution in [3.05, 3.63) is 0 Å². The summed E-state index contributed by atoms with van der Waals surface area (Å²) in [7, 11) is 0. The zero-order chi connectivity index (χ0) is 7.78. The predicted molar refractivity (Wildman–Crippen MR) is 48.9 cm³/mol. The van der Waals surface area contributed by atoms with Crippen molar-refractivity contribution in [2.75, 3.05) is 0 Å². The normalized spacial score (nSPS) is 36.0. The van der Waals surface area contributed by atoms with Crippen LogP contribution in [0.3, 0.4) is 0 Å². The molecule has 2 nitrogen and oxygen atoms in total. The molecular formula is C8H18ClNO. The number of hydrogen-bond acceptors (Lipinski definition) is 2. The monoisotopic (exact) mass is 179 g/mol. The van der Waals surface area contributed by atoms with Gasteiger partial charge in [-0.25, -0.2) is 0 Å². The summed E-state index contributed by atoms with van der Waals surface area (Å²) in [6.45, 7) is 4.16. The molecule has 11 heavy (non-hydrogen) atoms. The third kappa shape index (κ3) is 2.32. The van der Waals surface area contributed by atoms with Crippen LogP contribution < -0.4 is 5.73 Å². The molecule has 0 unspecified atom stereocenters. The summed E-state index contributed by atoms with van der Waals surface area (Å²) in [6, 6.07) is 0.00347. The molecule has 0 spiro atoms. The van der Waals surface area contributed by atoms with Gasteiger partial charge in [0.2, 0.25) is 0 Å². The maximum absolute atomic E-state index is 9.58. The highest BCUT2D eigenvalue weighted by Gasteiger charge is 2.35. The van der Waals surface area contributed by atoms with Gasteiger partial charge in [0.25, 0.3) is 0 Å². The summed E-state index contributed by atoms with van der Waals surface area (Å²) in [5, 5.41) is 9.58. The lowest BCUT2D eigenvalue weighted by atomic mass is 9.73. The van der Waals surface area contributed by atoms with Crippen LogP contribution in [0.1, 0.15) is 33.1 Å². The van der Waals surface area contributed by atoms with Crippen molar-refractivity contribution < 1.29 is 5.11 Å². The van der Waals surface area contributed by atoms with E-state index in [1.807, 2.05) is 0 Å². The number of aliphatic hydroxyl groups excluding tert-OH is 1. The van der Waals surface area contributed by atoms with Crippen LogP contribution in [-0.4, -0.2) is 17.3 Å². The van der Waals surface area contributed by atoms with E-state index < -0.39 is 0 Å². The molecule has 0 aromatic carbocycles. The Kier molecular flexibility index (Phi) is 3.82. The topological polar surface area (TPSA) is 46.2 Å². The smallest absolute Gasteiger partial charge is 0.0741 e. The van der Waals surface area contributed by atoms with Gasteiger partial charge in [-0.15, -0.1) is 12.4 Å². The molecule has 0 saturated heterocycles. The van der Waals surface area contributed by atoms with E-state index in [9.17, 15) is 5.11 Å². The maximum Gasteiger partial charge on any atom is 0.0741 e. The van der Waals surface area contributed by atoms with Crippen molar-refractivity contribution in [2.45, 2.75) is 45.3 Å². The summed E-state index contributed by atoms with van der Waals surface area (Å²) in [6.07, 6.45) is 2.93. The van der Waals surface area contributed by atoms with Gasteiger partial charge in [-0.3, -0.25) is 0 Å². The van der Waals surface area contributed by atoms with Gasteiger partial charge >= 0.3 is 0 Å². The Labute approximate surface area is 74.6 Å². The van der Waals surface area contributed by atoms with Crippen LogP contribution in [0.4, 0.5) is 0 Å². The number of hydrogen-bond donors (Lipinski definition) is 2. The molecule has 1 fully saturated rings. The highest BCUT2D eigenvalue weighted by atomic mass is 35.5. The molecule has 0 heterocycles. The van der Waals surface area contributed by atoms with Crippen molar-refractivity contribution in [2.24, 2.45) is 11.1 Å². The van der Waals surface area contributed by atoms with E-state index in [1.165, 1.54) is 0 Å². The zero-order valence-corrected chi connectivity index (χ0v) is 8.03. The quantitative estimate of drug-likeness (QED) is 0.589. The first-order valence-electron chi connectivity index (χ1n) is 3.98. The third-order valence-corrected chi connectivity index (χ3v) is 2.56. The predicted octanol–water partition coefficient (Wildman–Crippen LogP) is 1.31. The van der Waals surface area contributed by atoms with Crippen molar-refractivity contribution in [1.29, 1.82) is 0 Å². The molecule has 0 aromatic rings. The van der Waals surface area contributed by atoms with Gasteiger partial charge in [-0.05, 0) is 18.3 Å². The van der Waals surface area contributed by atoms with Crippen molar-refractivity contribution in [3.63, 3.8) is 0 Å². The van der Waals surface area contributed by atoms with Crippen LogP contribution in [0.2, 0.25) is 0 Å². The lowest BCUT2D eigenvalue weighted by Crippen LogP contribution is -2.47. The molecule has 0 aliphatic heterocycles. The third-order valence-electron chi connectivity index (χ3n) is 2.56. The maximum atomic E-state index is 9.58. The van der Waals surface area contributed by atoms with Gasteiger partial charge < -0.3 is 10.8 Å². The van der Waals surface area contributed by atoms with Crippen LogP contribution in [0.5, 0.6) is 0 Å². The Hall–Kier alpha value is 0.210. The van der Waals surface area contributed by atoms with E-state index >= 15 is 0 Å². The first kappa shape index (κ1) is 11.2. The summed E-state index contributed by atoms with van der Waals surface area (Å²) in [4.78, 5) is 0. The lowest BCUT2D eigenvalue weighted by molar-refractivity contribution is -0.00212. The molecule has 3 N–H and O–H groups in total. The summed E-state index contributed by atoms with van der Waals surface area (Å²) < 4.78 is 0. The van der Waals surface area contributed by atoms with E-state index in [0.29, 0.717) is 0 Å². The van der Waals surface area contributed by atoms with Crippen LogP contribution in [0.25, 0.3) is 0 Å². The molecule has 1 aliphatic carbocycles. The standard InChI is InChI=1S/C8H17NO.ClH/c1-8(2)5-3-4-6(9)7(8)10;/h6-7,10H,3-5,9H2,1-2H3;1H/t6-,7+;/m1./s1. The van der Waals surface area contributed by atoms with Gasteiger partial charge in [0.15, 0.2) is 0 Å². The average molecular weight is 180 g/mol. The molecule has 0 radical (unpaired) electrons. The second-order valence-corrected chi connectivity index (χ2v) is 3.99. The minimum absolute atomic E-state index is 0. The Morgan fingerprint density at radius 1 is 1.45 bits per heavy atom. The summed E-state index contributed by atoms with van der Waals surface area (Å²) >= 11 is 0. The van der Waals surface area contributed by atoms with Crippen molar-refractivity contribution in [1.82, 2.24) is 0 Å². The SMILES string of the molecule is CC1(C)CCC[C@@H](N)[C@@H]1O.Cl. The van der Waals surface area contributed by atoms with Gasteiger partial charge in [-0.1, -0.05) is 20.3 Å².